The maximum Gasteiger partial charge on any atom is 0.227 e. The van der Waals surface area contributed by atoms with Crippen molar-refractivity contribution in [1.82, 2.24) is 15.5 Å². The number of hydrogen-bond acceptors (Lipinski definition) is 4. The minimum Gasteiger partial charge on any atom is -0.349 e. The molecule has 0 aliphatic heterocycles. The van der Waals surface area contributed by atoms with Crippen LogP contribution in [0.2, 0.25) is 0 Å². The molecular weight excluding hydrogens is 306 g/mol. The largest absolute Gasteiger partial charge is 0.349 e. The van der Waals surface area contributed by atoms with Crippen LogP contribution in [0.4, 0.5) is 0 Å². The second-order valence-corrected chi connectivity index (χ2v) is 8.17. The van der Waals surface area contributed by atoms with Crippen molar-refractivity contribution in [3.05, 3.63) is 45.4 Å². The zero-order valence-electron chi connectivity index (χ0n) is 13.9. The number of benzene rings is 1. The highest BCUT2D eigenvalue weighted by Gasteiger charge is 2.26. The quantitative estimate of drug-likeness (QED) is 0.936. The fraction of sp³-hybridized carbons (Fsp3) is 0.500. The Morgan fingerprint density at radius 1 is 1.30 bits per heavy atom. The molecule has 0 radical (unpaired) electrons. The summed E-state index contributed by atoms with van der Waals surface area (Å²) < 4.78 is 0. The Morgan fingerprint density at radius 3 is 2.83 bits per heavy atom. The van der Waals surface area contributed by atoms with Gasteiger partial charge in [0.05, 0.1) is 12.5 Å². The van der Waals surface area contributed by atoms with Gasteiger partial charge in [-0.15, -0.1) is 10.2 Å². The van der Waals surface area contributed by atoms with Crippen molar-refractivity contribution in [3.63, 3.8) is 0 Å². The lowest BCUT2D eigenvalue weighted by Gasteiger charge is -2.24. The van der Waals surface area contributed by atoms with E-state index in [0.717, 1.165) is 29.3 Å². The van der Waals surface area contributed by atoms with Crippen LogP contribution in [-0.4, -0.2) is 16.1 Å². The van der Waals surface area contributed by atoms with Crippen LogP contribution in [0.3, 0.4) is 0 Å². The van der Waals surface area contributed by atoms with E-state index in [4.69, 9.17) is 0 Å². The van der Waals surface area contributed by atoms with Gasteiger partial charge in [0, 0.05) is 5.41 Å². The van der Waals surface area contributed by atoms with Gasteiger partial charge >= 0.3 is 0 Å². The lowest BCUT2D eigenvalue weighted by molar-refractivity contribution is -0.123. The Balaban J connectivity index is 1.66. The average molecular weight is 329 g/mol. The summed E-state index contributed by atoms with van der Waals surface area (Å²) >= 11 is 1.58. The van der Waals surface area contributed by atoms with E-state index in [1.54, 1.807) is 11.3 Å². The first-order valence-corrected chi connectivity index (χ1v) is 8.95. The van der Waals surface area contributed by atoms with Crippen molar-refractivity contribution in [2.75, 3.05) is 0 Å². The summed E-state index contributed by atoms with van der Waals surface area (Å²) in [6, 6.07) is 8.29. The van der Waals surface area contributed by atoms with Gasteiger partial charge < -0.3 is 5.32 Å². The van der Waals surface area contributed by atoms with Gasteiger partial charge in [0.1, 0.15) is 10.0 Å². The maximum atomic E-state index is 12.6. The summed E-state index contributed by atoms with van der Waals surface area (Å²) in [5.41, 5.74) is 2.50. The Kier molecular flexibility index (Phi) is 4.48. The molecule has 23 heavy (non-hydrogen) atoms. The molecule has 1 amide bonds. The minimum atomic E-state index is -0.0324. The smallest absolute Gasteiger partial charge is 0.227 e. The van der Waals surface area contributed by atoms with Gasteiger partial charge in [-0.05, 0) is 30.4 Å². The summed E-state index contributed by atoms with van der Waals surface area (Å²) in [4.78, 5) is 12.6. The molecule has 4 nitrogen and oxygen atoms in total. The molecule has 1 heterocycles. The molecule has 1 N–H and O–H groups in total. The van der Waals surface area contributed by atoms with Crippen molar-refractivity contribution < 1.29 is 4.79 Å². The third-order valence-corrected chi connectivity index (χ3v) is 5.56. The number of nitrogens with zero attached hydrogens (tertiary/aromatic N) is 2. The number of carbonyl (C=O) groups excluding carboxylic acids is 1. The molecule has 0 unspecified atom stereocenters. The molecule has 122 valence electrons. The van der Waals surface area contributed by atoms with Crippen molar-refractivity contribution in [3.8, 4) is 0 Å². The molecule has 1 aliphatic rings. The van der Waals surface area contributed by atoms with Crippen molar-refractivity contribution in [2.24, 2.45) is 0 Å². The van der Waals surface area contributed by atoms with Crippen molar-refractivity contribution in [2.45, 2.75) is 57.9 Å². The van der Waals surface area contributed by atoms with Gasteiger partial charge in [-0.2, -0.15) is 0 Å². The summed E-state index contributed by atoms with van der Waals surface area (Å²) in [6.07, 6.45) is 3.07. The minimum absolute atomic E-state index is 0.00222. The number of nitrogens with one attached hydrogen (secondary N) is 1. The Bertz CT molecular complexity index is 702. The standard InChI is InChI=1S/C18H23N3OS/c1-18(2,3)17-21-20-15(23-17)11-19-16(22)14-10-6-8-12-7-4-5-9-13(12)14/h4-5,7,9,14H,6,8,10-11H2,1-3H3,(H,19,22)/t14-/m1/s1. The van der Waals surface area contributed by atoms with Crippen LogP contribution < -0.4 is 5.32 Å². The number of carbonyl (C=O) groups is 1. The van der Waals surface area contributed by atoms with Crippen LogP contribution in [0.5, 0.6) is 0 Å². The Labute approximate surface area is 141 Å². The van der Waals surface area contributed by atoms with Gasteiger partial charge in [0.15, 0.2) is 0 Å². The topological polar surface area (TPSA) is 54.9 Å². The number of rotatable bonds is 3. The predicted octanol–water partition coefficient (Wildman–Crippen LogP) is 3.57. The third kappa shape index (κ3) is 3.61. The van der Waals surface area contributed by atoms with Gasteiger partial charge in [-0.3, -0.25) is 4.79 Å². The second-order valence-electron chi connectivity index (χ2n) is 7.11. The fourth-order valence-electron chi connectivity index (χ4n) is 2.94. The van der Waals surface area contributed by atoms with E-state index in [2.05, 4.69) is 48.4 Å². The first kappa shape index (κ1) is 16.1. The van der Waals surface area contributed by atoms with E-state index < -0.39 is 0 Å². The van der Waals surface area contributed by atoms with Crippen molar-refractivity contribution in [1.29, 1.82) is 0 Å². The Hall–Kier alpha value is -1.75. The molecule has 1 aliphatic carbocycles. The SMILES string of the molecule is CC(C)(C)c1nnc(CNC(=O)[C@@H]2CCCc3ccccc32)s1. The van der Waals surface area contributed by atoms with E-state index in [1.165, 1.54) is 11.1 Å². The van der Waals surface area contributed by atoms with E-state index in [-0.39, 0.29) is 17.2 Å². The number of hydrogen-bond donors (Lipinski definition) is 1. The lowest BCUT2D eigenvalue weighted by Crippen LogP contribution is -2.31. The molecule has 0 fully saturated rings. The zero-order chi connectivity index (χ0) is 16.4. The zero-order valence-corrected chi connectivity index (χ0v) is 14.7. The van der Waals surface area contributed by atoms with Crippen LogP contribution in [0.1, 0.15) is 60.7 Å². The van der Waals surface area contributed by atoms with Crippen LogP contribution >= 0.6 is 11.3 Å². The molecule has 1 aromatic carbocycles. The van der Waals surface area contributed by atoms with Crippen LogP contribution in [0, 0.1) is 0 Å². The molecule has 0 spiro atoms. The monoisotopic (exact) mass is 329 g/mol. The first-order chi connectivity index (χ1) is 10.9. The molecule has 0 saturated carbocycles. The van der Waals surface area contributed by atoms with E-state index in [9.17, 15) is 4.79 Å². The number of fused-ring (bicyclic) bond motifs is 1. The van der Waals surface area contributed by atoms with Crippen LogP contribution in [0.25, 0.3) is 0 Å². The predicted molar refractivity (Wildman–Crippen MR) is 92.6 cm³/mol. The number of aryl methyl sites for hydroxylation is 1. The maximum absolute atomic E-state index is 12.6. The highest BCUT2D eigenvalue weighted by Crippen LogP contribution is 2.31. The average Bonchev–Trinajstić information content (AvgIpc) is 3.01. The molecular formula is C18H23N3OS. The molecule has 0 saturated heterocycles. The molecule has 1 aromatic heterocycles. The number of aromatic nitrogens is 2. The summed E-state index contributed by atoms with van der Waals surface area (Å²) in [7, 11) is 0. The molecule has 2 aromatic rings. The van der Waals surface area contributed by atoms with E-state index >= 15 is 0 Å². The van der Waals surface area contributed by atoms with Crippen LogP contribution in [0.15, 0.2) is 24.3 Å². The summed E-state index contributed by atoms with van der Waals surface area (Å²) in [6.45, 7) is 6.82. The van der Waals surface area contributed by atoms with Gasteiger partial charge in [-0.25, -0.2) is 0 Å². The highest BCUT2D eigenvalue weighted by atomic mass is 32.1. The number of amides is 1. The molecule has 5 heteroatoms. The normalized spacial score (nSPS) is 17.6. The van der Waals surface area contributed by atoms with E-state index in [0.29, 0.717) is 6.54 Å². The summed E-state index contributed by atoms with van der Waals surface area (Å²) in [5.74, 6) is 0.0691. The molecule has 1 atom stereocenters. The van der Waals surface area contributed by atoms with Crippen molar-refractivity contribution >= 4 is 17.2 Å². The third-order valence-electron chi connectivity index (χ3n) is 4.21. The lowest BCUT2D eigenvalue weighted by atomic mass is 9.82. The first-order valence-electron chi connectivity index (χ1n) is 8.13. The summed E-state index contributed by atoms with van der Waals surface area (Å²) in [5, 5.41) is 13.3. The molecule has 0 bridgehead atoms. The van der Waals surface area contributed by atoms with Gasteiger partial charge in [0.25, 0.3) is 0 Å². The second kappa shape index (κ2) is 6.40. The fourth-order valence-corrected chi connectivity index (χ4v) is 3.78. The van der Waals surface area contributed by atoms with Gasteiger partial charge in [0.2, 0.25) is 5.91 Å². The Morgan fingerprint density at radius 2 is 2.09 bits per heavy atom. The van der Waals surface area contributed by atoms with Crippen LogP contribution in [-0.2, 0) is 23.2 Å². The van der Waals surface area contributed by atoms with E-state index in [1.807, 2.05) is 12.1 Å². The highest BCUT2D eigenvalue weighted by molar-refractivity contribution is 7.11. The molecule has 3 rings (SSSR count). The van der Waals surface area contributed by atoms with Gasteiger partial charge in [-0.1, -0.05) is 56.4 Å².